The standard InChI is InChI=1S/C22H42N4/c1-21(2,3)25-10-8-18(20-7-6-9-24(20)16-25)12-22(4,5)26-14-17-11-19(15-26)23-13-17/h17-20,23H,6-16H2,1-5H3. The molecule has 0 amide bonds. The molecule has 4 aliphatic heterocycles. The molecule has 4 saturated heterocycles. The highest BCUT2D eigenvalue weighted by molar-refractivity contribution is 4.99. The second-order valence-electron chi connectivity index (χ2n) is 11.3. The third-order valence-corrected chi connectivity index (χ3v) is 7.88. The number of hydrogen-bond donors (Lipinski definition) is 1. The summed E-state index contributed by atoms with van der Waals surface area (Å²) >= 11 is 0. The van der Waals surface area contributed by atoms with E-state index >= 15 is 0 Å². The Labute approximate surface area is 161 Å². The minimum Gasteiger partial charge on any atom is -0.312 e. The highest BCUT2D eigenvalue weighted by atomic mass is 15.4. The quantitative estimate of drug-likeness (QED) is 0.833. The van der Waals surface area contributed by atoms with Gasteiger partial charge >= 0.3 is 0 Å². The first-order chi connectivity index (χ1) is 12.2. The molecule has 2 bridgehead atoms. The first-order valence-electron chi connectivity index (χ1n) is 11.2. The predicted molar refractivity (Wildman–Crippen MR) is 109 cm³/mol. The minimum atomic E-state index is 0.287. The van der Waals surface area contributed by atoms with Gasteiger partial charge < -0.3 is 5.32 Å². The van der Waals surface area contributed by atoms with Crippen LogP contribution in [0.4, 0.5) is 0 Å². The molecule has 26 heavy (non-hydrogen) atoms. The van der Waals surface area contributed by atoms with E-state index in [9.17, 15) is 0 Å². The lowest BCUT2D eigenvalue weighted by molar-refractivity contribution is 0.0404. The lowest BCUT2D eigenvalue weighted by Gasteiger charge is -2.46. The van der Waals surface area contributed by atoms with Crippen LogP contribution >= 0.6 is 0 Å². The zero-order valence-electron chi connectivity index (χ0n) is 17.9. The molecule has 0 aromatic carbocycles. The second-order valence-corrected chi connectivity index (χ2v) is 11.3. The maximum atomic E-state index is 3.74. The maximum Gasteiger partial charge on any atom is 0.0513 e. The number of rotatable bonds is 3. The van der Waals surface area contributed by atoms with Gasteiger partial charge in [-0.1, -0.05) is 0 Å². The molecule has 4 heteroatoms. The van der Waals surface area contributed by atoms with Crippen LogP contribution in [0.3, 0.4) is 0 Å². The van der Waals surface area contributed by atoms with Crippen LogP contribution in [0.25, 0.3) is 0 Å². The molecule has 4 heterocycles. The first-order valence-corrected chi connectivity index (χ1v) is 11.2. The third-order valence-electron chi connectivity index (χ3n) is 7.88. The average molecular weight is 363 g/mol. The van der Waals surface area contributed by atoms with Crippen molar-refractivity contribution in [2.75, 3.05) is 39.4 Å². The van der Waals surface area contributed by atoms with Crippen molar-refractivity contribution in [2.45, 2.75) is 89.9 Å². The summed E-state index contributed by atoms with van der Waals surface area (Å²) in [5, 5.41) is 3.74. The molecule has 0 spiro atoms. The van der Waals surface area contributed by atoms with Crippen LogP contribution in [0.15, 0.2) is 0 Å². The number of hydrogen-bond acceptors (Lipinski definition) is 4. The Bertz CT molecular complexity index is 485. The van der Waals surface area contributed by atoms with Gasteiger partial charge in [0.1, 0.15) is 0 Å². The van der Waals surface area contributed by atoms with E-state index in [0.29, 0.717) is 5.54 Å². The van der Waals surface area contributed by atoms with Crippen LogP contribution in [0.5, 0.6) is 0 Å². The van der Waals surface area contributed by atoms with E-state index in [0.717, 1.165) is 23.9 Å². The van der Waals surface area contributed by atoms with Gasteiger partial charge in [0.15, 0.2) is 0 Å². The van der Waals surface area contributed by atoms with Crippen LogP contribution in [0, 0.1) is 11.8 Å². The Morgan fingerprint density at radius 1 is 0.962 bits per heavy atom. The minimum absolute atomic E-state index is 0.287. The third kappa shape index (κ3) is 3.85. The molecule has 4 fully saturated rings. The lowest BCUT2D eigenvalue weighted by atomic mass is 9.80. The van der Waals surface area contributed by atoms with Gasteiger partial charge in [0.2, 0.25) is 0 Å². The summed E-state index contributed by atoms with van der Waals surface area (Å²) in [4.78, 5) is 8.38. The van der Waals surface area contributed by atoms with Gasteiger partial charge in [-0.05, 0) is 91.6 Å². The smallest absolute Gasteiger partial charge is 0.0513 e. The topological polar surface area (TPSA) is 21.8 Å². The van der Waals surface area contributed by atoms with E-state index in [1.54, 1.807) is 0 Å². The van der Waals surface area contributed by atoms with E-state index in [1.165, 1.54) is 71.5 Å². The van der Waals surface area contributed by atoms with Crippen molar-refractivity contribution < 1.29 is 0 Å². The molecule has 150 valence electrons. The average Bonchev–Trinajstić information content (AvgIpc) is 3.10. The zero-order chi connectivity index (χ0) is 18.5. The molecule has 0 radical (unpaired) electrons. The Morgan fingerprint density at radius 3 is 2.50 bits per heavy atom. The van der Waals surface area contributed by atoms with Crippen molar-refractivity contribution in [2.24, 2.45) is 11.8 Å². The fourth-order valence-electron chi connectivity index (χ4n) is 6.25. The van der Waals surface area contributed by atoms with Crippen LogP contribution in [-0.4, -0.2) is 77.3 Å². The van der Waals surface area contributed by atoms with Crippen LogP contribution in [-0.2, 0) is 0 Å². The Morgan fingerprint density at radius 2 is 1.77 bits per heavy atom. The van der Waals surface area contributed by atoms with Crippen LogP contribution in [0.2, 0.25) is 0 Å². The summed E-state index contributed by atoms with van der Waals surface area (Å²) in [6, 6.07) is 1.57. The van der Waals surface area contributed by atoms with E-state index in [4.69, 9.17) is 0 Å². The van der Waals surface area contributed by atoms with Crippen molar-refractivity contribution in [3.05, 3.63) is 0 Å². The maximum absolute atomic E-state index is 3.74. The Hall–Kier alpha value is -0.160. The van der Waals surface area contributed by atoms with Crippen LogP contribution < -0.4 is 5.32 Å². The van der Waals surface area contributed by atoms with E-state index in [-0.39, 0.29) is 5.54 Å². The predicted octanol–water partition coefficient (Wildman–Crippen LogP) is 2.99. The number of nitrogens with zero attached hydrogens (tertiary/aromatic N) is 3. The molecule has 4 aliphatic rings. The first kappa shape index (κ1) is 19.2. The number of piperidine rings is 1. The molecule has 4 nitrogen and oxygen atoms in total. The molecule has 0 saturated carbocycles. The molecule has 4 unspecified atom stereocenters. The van der Waals surface area contributed by atoms with Crippen molar-refractivity contribution in [3.8, 4) is 0 Å². The van der Waals surface area contributed by atoms with Crippen molar-refractivity contribution in [1.82, 2.24) is 20.0 Å². The van der Waals surface area contributed by atoms with Crippen molar-refractivity contribution in [3.63, 3.8) is 0 Å². The zero-order valence-corrected chi connectivity index (χ0v) is 17.9. The van der Waals surface area contributed by atoms with E-state index < -0.39 is 0 Å². The van der Waals surface area contributed by atoms with Crippen molar-refractivity contribution >= 4 is 0 Å². The van der Waals surface area contributed by atoms with Gasteiger partial charge in [-0.15, -0.1) is 0 Å². The van der Waals surface area contributed by atoms with E-state index in [1.807, 2.05) is 0 Å². The summed E-state index contributed by atoms with van der Waals surface area (Å²) < 4.78 is 0. The Kier molecular flexibility index (Phi) is 5.18. The molecule has 4 rings (SSSR count). The summed E-state index contributed by atoms with van der Waals surface area (Å²) in [5.41, 5.74) is 0.619. The van der Waals surface area contributed by atoms with Gasteiger partial charge in [0.25, 0.3) is 0 Å². The molecule has 0 aliphatic carbocycles. The number of likely N-dealkylation sites (tertiary alicyclic amines) is 1. The molecular weight excluding hydrogens is 320 g/mol. The largest absolute Gasteiger partial charge is 0.312 e. The monoisotopic (exact) mass is 362 g/mol. The van der Waals surface area contributed by atoms with Crippen LogP contribution in [0.1, 0.15) is 66.7 Å². The van der Waals surface area contributed by atoms with Gasteiger partial charge in [-0.25, -0.2) is 0 Å². The van der Waals surface area contributed by atoms with Gasteiger partial charge in [0.05, 0.1) is 6.67 Å². The second kappa shape index (κ2) is 7.02. The molecule has 1 N–H and O–H groups in total. The molecule has 0 aromatic heterocycles. The van der Waals surface area contributed by atoms with Gasteiger partial charge in [0, 0.05) is 42.8 Å². The van der Waals surface area contributed by atoms with Crippen molar-refractivity contribution in [1.29, 1.82) is 0 Å². The summed E-state index contributed by atoms with van der Waals surface area (Å²) in [5.74, 6) is 1.74. The van der Waals surface area contributed by atoms with E-state index in [2.05, 4.69) is 54.6 Å². The highest BCUT2D eigenvalue weighted by Gasteiger charge is 2.43. The molecule has 0 aromatic rings. The lowest BCUT2D eigenvalue weighted by Crippen LogP contribution is -2.53. The normalized spacial score (nSPS) is 37.7. The molecular formula is C22H42N4. The summed E-state index contributed by atoms with van der Waals surface area (Å²) in [6.45, 7) is 19.8. The fraction of sp³-hybridized carbons (Fsp3) is 1.00. The summed E-state index contributed by atoms with van der Waals surface area (Å²) in [6.07, 6.45) is 6.97. The van der Waals surface area contributed by atoms with Gasteiger partial charge in [-0.3, -0.25) is 14.7 Å². The highest BCUT2D eigenvalue weighted by Crippen LogP contribution is 2.38. The van der Waals surface area contributed by atoms with Gasteiger partial charge in [-0.2, -0.15) is 0 Å². The SMILES string of the molecule is CC(C)(C)N1CCC(CC(C)(C)N2CC3CNC(C3)C2)C2CCCN2C1. The number of fused-ring (bicyclic) bond motifs is 3. The fourth-order valence-corrected chi connectivity index (χ4v) is 6.25. The summed E-state index contributed by atoms with van der Waals surface area (Å²) in [7, 11) is 0. The number of nitrogens with one attached hydrogen (secondary N) is 1. The Balaban J connectivity index is 1.45. The molecule has 4 atom stereocenters.